The third kappa shape index (κ3) is 1.90. The number of anilines is 1. The fourth-order valence-electron chi connectivity index (χ4n) is 1.60. The Hall–Kier alpha value is -1.76. The lowest BCUT2D eigenvalue weighted by molar-refractivity contribution is 0.351. The van der Waals surface area contributed by atoms with Crippen LogP contribution in [0.25, 0.3) is 11.1 Å². The Bertz CT molecular complexity index is 586. The smallest absolute Gasteiger partial charge is 0.230 e. The van der Waals surface area contributed by atoms with E-state index in [0.29, 0.717) is 15.8 Å². The summed E-state index contributed by atoms with van der Waals surface area (Å²) in [6.07, 6.45) is 1.34. The molecule has 0 radical (unpaired) electrons. The van der Waals surface area contributed by atoms with Crippen molar-refractivity contribution in [3.05, 3.63) is 22.6 Å². The number of benzene rings is 1. The van der Waals surface area contributed by atoms with Crippen LogP contribution in [0, 0.1) is 5.82 Å². The highest BCUT2D eigenvalue weighted by molar-refractivity contribution is 9.10. The molecule has 2 aromatic rings. The summed E-state index contributed by atoms with van der Waals surface area (Å²) in [6.45, 7) is 0. The van der Waals surface area contributed by atoms with Gasteiger partial charge in [0.25, 0.3) is 0 Å². The van der Waals surface area contributed by atoms with E-state index in [-0.39, 0.29) is 17.2 Å². The highest BCUT2D eigenvalue weighted by atomic mass is 79.9. The molecule has 0 saturated carbocycles. The number of nitrogens with two attached hydrogens (primary N) is 1. The molecule has 5 nitrogen and oxygen atoms in total. The van der Waals surface area contributed by atoms with Gasteiger partial charge in [-0.15, -0.1) is 0 Å². The van der Waals surface area contributed by atoms with Gasteiger partial charge in [0, 0.05) is 11.6 Å². The number of nitrogens with zero attached hydrogens (tertiary/aromatic N) is 1. The van der Waals surface area contributed by atoms with E-state index in [1.54, 1.807) is 0 Å². The number of methoxy groups -OCH3 is 2. The Morgan fingerprint density at radius 3 is 2.61 bits per heavy atom. The van der Waals surface area contributed by atoms with E-state index in [9.17, 15) is 4.39 Å². The van der Waals surface area contributed by atoms with E-state index in [1.165, 1.54) is 26.5 Å². The minimum absolute atomic E-state index is 0.0295. The minimum atomic E-state index is -0.519. The lowest BCUT2D eigenvalue weighted by Crippen LogP contribution is -1.97. The minimum Gasteiger partial charge on any atom is -0.493 e. The highest BCUT2D eigenvalue weighted by Crippen LogP contribution is 2.44. The van der Waals surface area contributed by atoms with E-state index in [1.807, 2.05) is 0 Å². The molecule has 18 heavy (non-hydrogen) atoms. The van der Waals surface area contributed by atoms with Gasteiger partial charge in [0.2, 0.25) is 5.88 Å². The summed E-state index contributed by atoms with van der Waals surface area (Å²) in [5.74, 6) is 0.159. The van der Waals surface area contributed by atoms with Crippen molar-refractivity contribution in [3.8, 4) is 22.6 Å². The SMILES string of the molecule is COc1cc(F)c(-c2cnoc2N)c(Br)c1OC. The zero-order chi connectivity index (χ0) is 13.3. The van der Waals surface area contributed by atoms with Crippen LogP contribution < -0.4 is 15.2 Å². The summed E-state index contributed by atoms with van der Waals surface area (Å²) in [6, 6.07) is 1.21. The van der Waals surface area contributed by atoms with Gasteiger partial charge in [0.05, 0.1) is 30.5 Å². The summed E-state index contributed by atoms with van der Waals surface area (Å²) in [7, 11) is 2.89. The van der Waals surface area contributed by atoms with Crippen LogP contribution in [-0.4, -0.2) is 19.4 Å². The normalized spacial score (nSPS) is 10.4. The highest BCUT2D eigenvalue weighted by Gasteiger charge is 2.22. The zero-order valence-electron chi connectivity index (χ0n) is 9.66. The van der Waals surface area contributed by atoms with Crippen LogP contribution in [0.1, 0.15) is 0 Å². The molecule has 1 aromatic heterocycles. The number of rotatable bonds is 3. The maximum absolute atomic E-state index is 14.1. The zero-order valence-corrected chi connectivity index (χ0v) is 11.2. The molecular formula is C11H10BrFN2O3. The Kier molecular flexibility index (Phi) is 3.42. The second-order valence-electron chi connectivity index (χ2n) is 3.39. The largest absolute Gasteiger partial charge is 0.493 e. The predicted molar refractivity (Wildman–Crippen MR) is 67.1 cm³/mol. The van der Waals surface area contributed by atoms with Crippen molar-refractivity contribution in [3.63, 3.8) is 0 Å². The average molecular weight is 317 g/mol. The molecule has 0 bridgehead atoms. The first-order chi connectivity index (χ1) is 8.60. The first-order valence-electron chi connectivity index (χ1n) is 4.90. The molecule has 1 heterocycles. The van der Waals surface area contributed by atoms with Crippen molar-refractivity contribution in [2.75, 3.05) is 20.0 Å². The molecule has 0 spiro atoms. The molecule has 0 aliphatic carbocycles. The second kappa shape index (κ2) is 4.85. The Morgan fingerprint density at radius 1 is 1.39 bits per heavy atom. The fourth-order valence-corrected chi connectivity index (χ4v) is 2.36. The van der Waals surface area contributed by atoms with E-state index in [4.69, 9.17) is 19.7 Å². The molecule has 96 valence electrons. The van der Waals surface area contributed by atoms with Gasteiger partial charge < -0.3 is 19.7 Å². The van der Waals surface area contributed by atoms with Crippen molar-refractivity contribution in [1.29, 1.82) is 0 Å². The maximum Gasteiger partial charge on any atom is 0.230 e. The van der Waals surface area contributed by atoms with Gasteiger partial charge in [-0.2, -0.15) is 0 Å². The molecule has 0 amide bonds. The number of halogens is 2. The van der Waals surface area contributed by atoms with Gasteiger partial charge in [-0.3, -0.25) is 0 Å². The second-order valence-corrected chi connectivity index (χ2v) is 4.18. The first kappa shape index (κ1) is 12.7. The Balaban J connectivity index is 2.73. The molecule has 0 saturated heterocycles. The van der Waals surface area contributed by atoms with Gasteiger partial charge in [-0.1, -0.05) is 5.16 Å². The van der Waals surface area contributed by atoms with Gasteiger partial charge >= 0.3 is 0 Å². The third-order valence-corrected chi connectivity index (χ3v) is 3.19. The summed E-state index contributed by atoms with van der Waals surface area (Å²) in [4.78, 5) is 0. The molecule has 2 N–H and O–H groups in total. The summed E-state index contributed by atoms with van der Waals surface area (Å²) < 4.78 is 29.4. The molecule has 1 aromatic carbocycles. The third-order valence-electron chi connectivity index (χ3n) is 2.43. The molecule has 0 atom stereocenters. The lowest BCUT2D eigenvalue weighted by atomic mass is 10.1. The average Bonchev–Trinajstić information content (AvgIpc) is 2.75. The van der Waals surface area contributed by atoms with Crippen molar-refractivity contribution in [1.82, 2.24) is 5.16 Å². The number of hydrogen-bond donors (Lipinski definition) is 1. The quantitative estimate of drug-likeness (QED) is 0.942. The Labute approximate surface area is 111 Å². The topological polar surface area (TPSA) is 70.5 Å². The van der Waals surface area contributed by atoms with E-state index in [2.05, 4.69) is 21.1 Å². The summed E-state index contributed by atoms with van der Waals surface area (Å²) >= 11 is 3.27. The molecule has 0 fully saturated rings. The molecule has 7 heteroatoms. The number of ether oxygens (including phenoxy) is 2. The van der Waals surface area contributed by atoms with Crippen molar-refractivity contribution in [2.45, 2.75) is 0 Å². The lowest BCUT2D eigenvalue weighted by Gasteiger charge is -2.13. The van der Waals surface area contributed by atoms with Crippen molar-refractivity contribution >= 4 is 21.8 Å². The fraction of sp³-hybridized carbons (Fsp3) is 0.182. The van der Waals surface area contributed by atoms with Gasteiger partial charge in [0.15, 0.2) is 11.5 Å². The molecular weight excluding hydrogens is 307 g/mol. The summed E-state index contributed by atoms with van der Waals surface area (Å²) in [5, 5.41) is 3.52. The first-order valence-corrected chi connectivity index (χ1v) is 5.70. The van der Waals surface area contributed by atoms with Crippen LogP contribution in [0.5, 0.6) is 11.5 Å². The number of nitrogen functional groups attached to an aromatic ring is 1. The monoisotopic (exact) mass is 316 g/mol. The van der Waals surface area contributed by atoms with Crippen LogP contribution >= 0.6 is 15.9 Å². The van der Waals surface area contributed by atoms with Gasteiger partial charge in [0.1, 0.15) is 5.82 Å². The van der Waals surface area contributed by atoms with E-state index >= 15 is 0 Å². The van der Waals surface area contributed by atoms with Crippen LogP contribution in [0.2, 0.25) is 0 Å². The molecule has 2 rings (SSSR count). The predicted octanol–water partition coefficient (Wildman–Crippen LogP) is 2.84. The maximum atomic E-state index is 14.1. The number of hydrogen-bond acceptors (Lipinski definition) is 5. The standard InChI is InChI=1S/C11H10BrFN2O3/c1-16-7-3-6(13)8(9(12)10(7)17-2)5-4-15-18-11(5)14/h3-4H,14H2,1-2H3. The van der Waals surface area contributed by atoms with Gasteiger partial charge in [-0.25, -0.2) is 4.39 Å². The van der Waals surface area contributed by atoms with Gasteiger partial charge in [-0.05, 0) is 15.9 Å². The number of aromatic nitrogens is 1. The molecule has 0 aliphatic heterocycles. The van der Waals surface area contributed by atoms with E-state index in [0.717, 1.165) is 0 Å². The van der Waals surface area contributed by atoms with Crippen LogP contribution in [-0.2, 0) is 0 Å². The van der Waals surface area contributed by atoms with Crippen molar-refractivity contribution in [2.24, 2.45) is 0 Å². The summed E-state index contributed by atoms with van der Waals surface area (Å²) in [5.41, 5.74) is 6.15. The van der Waals surface area contributed by atoms with Crippen LogP contribution in [0.15, 0.2) is 21.3 Å². The van der Waals surface area contributed by atoms with Crippen molar-refractivity contribution < 1.29 is 18.4 Å². The molecule has 0 aliphatic rings. The van der Waals surface area contributed by atoms with Crippen LogP contribution in [0.3, 0.4) is 0 Å². The Morgan fingerprint density at radius 2 is 2.11 bits per heavy atom. The van der Waals surface area contributed by atoms with E-state index < -0.39 is 5.82 Å². The molecule has 0 unspecified atom stereocenters. The van der Waals surface area contributed by atoms with Crippen LogP contribution in [0.4, 0.5) is 10.3 Å².